The first-order valence-electron chi connectivity index (χ1n) is 13.0. The first-order chi connectivity index (χ1) is 18.4. The maximum absolute atomic E-state index is 2.53. The van der Waals surface area contributed by atoms with Crippen molar-refractivity contribution in [2.75, 3.05) is 6.54 Å². The lowest BCUT2D eigenvalue weighted by Crippen LogP contribution is -2.43. The van der Waals surface area contributed by atoms with Gasteiger partial charge in [-0.1, -0.05) is 174 Å². The molecular weight excluding hydrogens is 445 g/mol. The molecule has 0 aliphatic heterocycles. The van der Waals surface area contributed by atoms with Crippen molar-refractivity contribution < 1.29 is 0 Å². The number of hydrogen-bond acceptors (Lipinski definition) is 1. The first kappa shape index (κ1) is 24.6. The zero-order chi connectivity index (χ0) is 25.1. The highest BCUT2D eigenvalue weighted by Gasteiger charge is 2.25. The molecule has 0 bridgehead atoms. The van der Waals surface area contributed by atoms with Gasteiger partial charge in [0.05, 0.1) is 0 Å². The van der Waals surface area contributed by atoms with Gasteiger partial charge in [0.15, 0.2) is 0 Å². The van der Waals surface area contributed by atoms with E-state index in [1.165, 1.54) is 33.1 Å². The van der Waals surface area contributed by atoms with Crippen molar-refractivity contribution in [3.05, 3.63) is 174 Å². The van der Waals surface area contributed by atoms with Gasteiger partial charge in [-0.25, -0.2) is 0 Å². The number of rotatable bonds is 10. The first-order valence-corrected chi connectivity index (χ1v) is 13.0. The van der Waals surface area contributed by atoms with Crippen LogP contribution in [0.5, 0.6) is 0 Å². The fraction of sp³-hybridized carbons (Fsp3) is 0.0857. The molecule has 0 radical (unpaired) electrons. The van der Waals surface area contributed by atoms with Crippen LogP contribution < -0.4 is 10.9 Å². The van der Waals surface area contributed by atoms with Gasteiger partial charge in [0.25, 0.3) is 0 Å². The van der Waals surface area contributed by atoms with Crippen LogP contribution in [0.2, 0.25) is 0 Å². The van der Waals surface area contributed by atoms with Crippen LogP contribution in [-0.4, -0.2) is 18.2 Å². The molecule has 0 aromatic heterocycles. The smallest absolute Gasteiger partial charge is 0.241 e. The molecule has 0 fully saturated rings. The van der Waals surface area contributed by atoms with Crippen molar-refractivity contribution in [2.24, 2.45) is 0 Å². The average Bonchev–Trinajstić information content (AvgIpc) is 2.97. The Kier molecular flexibility index (Phi) is 8.44. The van der Waals surface area contributed by atoms with E-state index >= 15 is 0 Å². The minimum Gasteiger partial charge on any atom is -0.291 e. The van der Waals surface area contributed by atoms with E-state index in [-0.39, 0.29) is 6.71 Å². The van der Waals surface area contributed by atoms with Gasteiger partial charge in [0.1, 0.15) is 0 Å². The summed E-state index contributed by atoms with van der Waals surface area (Å²) in [4.78, 5) is 2.53. The minimum absolute atomic E-state index is 0.153. The van der Waals surface area contributed by atoms with Crippen LogP contribution in [0.15, 0.2) is 158 Å². The topological polar surface area (TPSA) is 3.24 Å². The molecule has 0 heterocycles. The van der Waals surface area contributed by atoms with Gasteiger partial charge in [-0.3, -0.25) is 4.90 Å². The summed E-state index contributed by atoms with van der Waals surface area (Å²) in [7, 11) is 0. The van der Waals surface area contributed by atoms with Gasteiger partial charge in [-0.15, -0.1) is 0 Å². The molecule has 5 aromatic rings. The Morgan fingerprint density at radius 3 is 1.30 bits per heavy atom. The summed E-state index contributed by atoms with van der Waals surface area (Å²) in [6.07, 6.45) is 2.45. The summed E-state index contributed by atoms with van der Waals surface area (Å²) in [5.74, 6) is 0. The zero-order valence-corrected chi connectivity index (χ0v) is 21.2. The molecule has 0 aliphatic carbocycles. The van der Waals surface area contributed by atoms with E-state index in [4.69, 9.17) is 0 Å². The monoisotopic (exact) mass is 477 g/mol. The maximum atomic E-state index is 2.53. The van der Waals surface area contributed by atoms with Crippen molar-refractivity contribution >= 4 is 23.1 Å². The lowest BCUT2D eigenvalue weighted by molar-refractivity contribution is 0.286. The van der Waals surface area contributed by atoms with Crippen LogP contribution >= 0.6 is 0 Å². The molecule has 1 nitrogen and oxygen atoms in total. The standard InChI is InChI=1S/C35H32BN/c1-6-16-30(17-7-1)28-37(29-31-18-8-2-9-19-31)27-26-35(32-20-10-3-11-21-32)36(33-22-12-4-13-23-33)34-24-14-5-15-25-34/h1-26H,27-29H2. The van der Waals surface area contributed by atoms with Crippen LogP contribution in [0.25, 0.3) is 5.47 Å². The highest BCUT2D eigenvalue weighted by atomic mass is 15.1. The molecule has 37 heavy (non-hydrogen) atoms. The molecule has 0 unspecified atom stereocenters. The Bertz CT molecular complexity index is 1290. The Labute approximate surface area is 221 Å². The zero-order valence-electron chi connectivity index (χ0n) is 21.2. The fourth-order valence-corrected chi connectivity index (χ4v) is 4.97. The summed E-state index contributed by atoms with van der Waals surface area (Å²) >= 11 is 0. The largest absolute Gasteiger partial charge is 0.291 e. The molecule has 5 rings (SSSR count). The van der Waals surface area contributed by atoms with Crippen LogP contribution in [0.1, 0.15) is 16.7 Å². The second-order valence-corrected chi connectivity index (χ2v) is 9.42. The Morgan fingerprint density at radius 2 is 0.865 bits per heavy atom. The van der Waals surface area contributed by atoms with Gasteiger partial charge in [-0.2, -0.15) is 0 Å². The molecular formula is C35H32BN. The maximum Gasteiger partial charge on any atom is 0.241 e. The van der Waals surface area contributed by atoms with Gasteiger partial charge >= 0.3 is 0 Å². The van der Waals surface area contributed by atoms with E-state index in [2.05, 4.69) is 163 Å². The summed E-state index contributed by atoms with van der Waals surface area (Å²) in [6, 6.07) is 54.2. The summed E-state index contributed by atoms with van der Waals surface area (Å²) < 4.78 is 0. The van der Waals surface area contributed by atoms with Crippen molar-refractivity contribution in [3.63, 3.8) is 0 Å². The lowest BCUT2D eigenvalue weighted by atomic mass is 9.35. The average molecular weight is 477 g/mol. The van der Waals surface area contributed by atoms with E-state index in [1.807, 2.05) is 0 Å². The van der Waals surface area contributed by atoms with Gasteiger partial charge < -0.3 is 0 Å². The third-order valence-corrected chi connectivity index (χ3v) is 6.75. The predicted molar refractivity (Wildman–Crippen MR) is 159 cm³/mol. The van der Waals surface area contributed by atoms with Crippen LogP contribution in [-0.2, 0) is 13.1 Å². The third-order valence-electron chi connectivity index (χ3n) is 6.75. The second kappa shape index (κ2) is 12.7. The van der Waals surface area contributed by atoms with Gasteiger partial charge in [0.2, 0.25) is 6.71 Å². The predicted octanol–water partition coefficient (Wildman–Crippen LogP) is 6.62. The van der Waals surface area contributed by atoms with Crippen molar-refractivity contribution in [2.45, 2.75) is 13.1 Å². The molecule has 2 heteroatoms. The molecule has 0 saturated heterocycles. The molecule has 0 N–H and O–H groups in total. The highest BCUT2D eigenvalue weighted by molar-refractivity contribution is 6.99. The van der Waals surface area contributed by atoms with Gasteiger partial charge in [0, 0.05) is 19.6 Å². The van der Waals surface area contributed by atoms with E-state index in [0.717, 1.165) is 19.6 Å². The van der Waals surface area contributed by atoms with Crippen LogP contribution in [0, 0.1) is 0 Å². The normalized spacial score (nSPS) is 11.4. The Balaban J connectivity index is 1.55. The second-order valence-electron chi connectivity index (χ2n) is 9.42. The molecule has 180 valence electrons. The number of benzene rings is 5. The van der Waals surface area contributed by atoms with Crippen LogP contribution in [0.4, 0.5) is 0 Å². The number of nitrogens with zero attached hydrogens (tertiary/aromatic N) is 1. The molecule has 0 amide bonds. The van der Waals surface area contributed by atoms with Crippen molar-refractivity contribution in [1.29, 1.82) is 0 Å². The van der Waals surface area contributed by atoms with Crippen molar-refractivity contribution in [1.82, 2.24) is 4.90 Å². The van der Waals surface area contributed by atoms with Crippen molar-refractivity contribution in [3.8, 4) is 0 Å². The number of hydrogen-bond donors (Lipinski definition) is 0. The molecule has 0 aliphatic rings. The summed E-state index contributed by atoms with van der Waals surface area (Å²) in [5, 5.41) is 0. The third kappa shape index (κ3) is 6.75. The summed E-state index contributed by atoms with van der Waals surface area (Å²) in [6.45, 7) is 2.80. The minimum atomic E-state index is 0.153. The van der Waals surface area contributed by atoms with E-state index < -0.39 is 0 Å². The lowest BCUT2D eigenvalue weighted by Gasteiger charge is -2.24. The SMILES string of the molecule is C(CN(Cc1ccccc1)Cc1ccccc1)=C(B(c1ccccc1)c1ccccc1)c1ccccc1. The molecule has 0 saturated carbocycles. The van der Waals surface area contributed by atoms with Crippen LogP contribution in [0.3, 0.4) is 0 Å². The highest BCUT2D eigenvalue weighted by Crippen LogP contribution is 2.20. The molecule has 5 aromatic carbocycles. The molecule has 0 spiro atoms. The Morgan fingerprint density at radius 1 is 0.486 bits per heavy atom. The Hall–Kier alpha value is -4.14. The quantitative estimate of drug-likeness (QED) is 0.204. The summed E-state index contributed by atoms with van der Waals surface area (Å²) in [5.41, 5.74) is 7.87. The van der Waals surface area contributed by atoms with E-state index in [0.29, 0.717) is 0 Å². The fourth-order valence-electron chi connectivity index (χ4n) is 4.97. The van der Waals surface area contributed by atoms with E-state index in [1.54, 1.807) is 0 Å². The molecule has 0 atom stereocenters. The van der Waals surface area contributed by atoms with Gasteiger partial charge in [-0.05, 0) is 16.7 Å². The van der Waals surface area contributed by atoms with E-state index in [9.17, 15) is 0 Å².